The van der Waals surface area contributed by atoms with Crippen LogP contribution in [-0.4, -0.2) is 61.9 Å². The maximum atomic E-state index is 11.5. The smallest absolute Gasteiger partial charge is 0.409 e. The van der Waals surface area contributed by atoms with E-state index >= 15 is 0 Å². The molecule has 2 rings (SSSR count). The standard InChI is InChI=1S/C18H28N4O3.HI/c1-19-17(20-11-3-4-14-5-7-16(23)8-6-14)21-15-9-12-22(13-10-15)18(24)25-2;/h5-8,15,23H,3-4,9-13H2,1-2H3,(H2,19,20,21);1H. The van der Waals surface area contributed by atoms with Crippen molar-refractivity contribution in [3.8, 4) is 5.75 Å². The van der Waals surface area contributed by atoms with Gasteiger partial charge in [0, 0.05) is 32.7 Å². The zero-order chi connectivity index (χ0) is 18.1. The Bertz CT molecular complexity index is 572. The van der Waals surface area contributed by atoms with Gasteiger partial charge in [0.1, 0.15) is 5.75 Å². The summed E-state index contributed by atoms with van der Waals surface area (Å²) in [5.41, 5.74) is 1.21. The van der Waals surface area contributed by atoms with Crippen molar-refractivity contribution in [3.05, 3.63) is 29.8 Å². The maximum absolute atomic E-state index is 11.5. The lowest BCUT2D eigenvalue weighted by Crippen LogP contribution is -2.49. The van der Waals surface area contributed by atoms with E-state index < -0.39 is 0 Å². The molecule has 0 radical (unpaired) electrons. The minimum Gasteiger partial charge on any atom is -0.508 e. The molecule has 8 heteroatoms. The van der Waals surface area contributed by atoms with Gasteiger partial charge in [0.2, 0.25) is 0 Å². The molecule has 26 heavy (non-hydrogen) atoms. The number of rotatable bonds is 5. The summed E-state index contributed by atoms with van der Waals surface area (Å²) in [6, 6.07) is 7.62. The molecule has 0 aromatic heterocycles. The fraction of sp³-hybridized carbons (Fsp3) is 0.556. The predicted molar refractivity (Wildman–Crippen MR) is 113 cm³/mol. The summed E-state index contributed by atoms with van der Waals surface area (Å²) in [6.07, 6.45) is 3.43. The van der Waals surface area contributed by atoms with Crippen molar-refractivity contribution in [1.82, 2.24) is 15.5 Å². The number of nitrogens with zero attached hydrogens (tertiary/aromatic N) is 2. The predicted octanol–water partition coefficient (Wildman–Crippen LogP) is 2.34. The number of hydrogen-bond acceptors (Lipinski definition) is 4. The molecule has 0 saturated carbocycles. The Balaban J connectivity index is 0.00000338. The average Bonchev–Trinajstić information content (AvgIpc) is 2.65. The van der Waals surface area contributed by atoms with E-state index in [1.165, 1.54) is 12.7 Å². The third-order valence-corrected chi connectivity index (χ3v) is 4.36. The molecule has 1 fully saturated rings. The molecule has 1 aromatic rings. The van der Waals surface area contributed by atoms with Crippen LogP contribution in [0.4, 0.5) is 4.79 Å². The van der Waals surface area contributed by atoms with Crippen LogP contribution in [0.3, 0.4) is 0 Å². The van der Waals surface area contributed by atoms with Gasteiger partial charge < -0.3 is 25.4 Å². The lowest BCUT2D eigenvalue weighted by atomic mass is 10.1. The number of hydrogen-bond donors (Lipinski definition) is 3. The molecule has 1 aliphatic rings. The minimum absolute atomic E-state index is 0. The van der Waals surface area contributed by atoms with Gasteiger partial charge in [-0.3, -0.25) is 4.99 Å². The van der Waals surface area contributed by atoms with Gasteiger partial charge in [0.15, 0.2) is 5.96 Å². The van der Waals surface area contributed by atoms with Gasteiger partial charge in [-0.2, -0.15) is 0 Å². The van der Waals surface area contributed by atoms with Crippen LogP contribution < -0.4 is 10.6 Å². The van der Waals surface area contributed by atoms with Gasteiger partial charge in [-0.1, -0.05) is 12.1 Å². The first-order valence-electron chi connectivity index (χ1n) is 8.70. The molecule has 0 spiro atoms. The van der Waals surface area contributed by atoms with Crippen LogP contribution in [0.25, 0.3) is 0 Å². The van der Waals surface area contributed by atoms with E-state index in [-0.39, 0.29) is 30.1 Å². The fourth-order valence-corrected chi connectivity index (χ4v) is 2.89. The van der Waals surface area contributed by atoms with Gasteiger partial charge in [-0.25, -0.2) is 4.79 Å². The number of nitrogens with one attached hydrogen (secondary N) is 2. The Morgan fingerprint density at radius 2 is 1.96 bits per heavy atom. The molecule has 1 amide bonds. The molecule has 1 aromatic carbocycles. The van der Waals surface area contributed by atoms with E-state index in [1.54, 1.807) is 24.1 Å². The molecule has 1 heterocycles. The van der Waals surface area contributed by atoms with E-state index in [0.717, 1.165) is 38.2 Å². The highest BCUT2D eigenvalue weighted by atomic mass is 127. The summed E-state index contributed by atoms with van der Waals surface area (Å²) in [4.78, 5) is 17.5. The molecule has 1 aliphatic heterocycles. The summed E-state index contributed by atoms with van der Waals surface area (Å²) < 4.78 is 4.75. The zero-order valence-corrected chi connectivity index (χ0v) is 17.7. The van der Waals surface area contributed by atoms with Crippen molar-refractivity contribution in [3.63, 3.8) is 0 Å². The van der Waals surface area contributed by atoms with Crippen LogP contribution in [-0.2, 0) is 11.2 Å². The Hall–Kier alpha value is -1.71. The van der Waals surface area contributed by atoms with E-state index in [4.69, 9.17) is 4.74 Å². The Kier molecular flexibility index (Phi) is 10.2. The number of carbonyl (C=O) groups is 1. The number of phenols is 1. The molecule has 0 unspecified atom stereocenters. The van der Waals surface area contributed by atoms with Crippen LogP contribution in [0, 0.1) is 0 Å². The van der Waals surface area contributed by atoms with Crippen LogP contribution >= 0.6 is 24.0 Å². The molecule has 0 aliphatic carbocycles. The Morgan fingerprint density at radius 1 is 1.31 bits per heavy atom. The number of likely N-dealkylation sites (tertiary alicyclic amines) is 1. The van der Waals surface area contributed by atoms with Crippen molar-refractivity contribution in [2.24, 2.45) is 4.99 Å². The number of amides is 1. The largest absolute Gasteiger partial charge is 0.508 e. The third-order valence-electron chi connectivity index (χ3n) is 4.36. The average molecular weight is 476 g/mol. The van der Waals surface area contributed by atoms with Crippen LogP contribution in [0.2, 0.25) is 0 Å². The summed E-state index contributed by atoms with van der Waals surface area (Å²) in [6.45, 7) is 2.21. The second kappa shape index (κ2) is 11.8. The highest BCUT2D eigenvalue weighted by Gasteiger charge is 2.23. The number of aryl methyl sites for hydroxylation is 1. The van der Waals surface area contributed by atoms with E-state index in [9.17, 15) is 9.90 Å². The van der Waals surface area contributed by atoms with Crippen molar-refractivity contribution in [1.29, 1.82) is 0 Å². The fourth-order valence-electron chi connectivity index (χ4n) is 2.89. The van der Waals surface area contributed by atoms with E-state index in [0.29, 0.717) is 24.9 Å². The quantitative estimate of drug-likeness (QED) is 0.263. The number of benzene rings is 1. The normalized spacial score (nSPS) is 15.2. The number of aromatic hydroxyl groups is 1. The zero-order valence-electron chi connectivity index (χ0n) is 15.4. The van der Waals surface area contributed by atoms with Crippen molar-refractivity contribution < 1.29 is 14.6 Å². The summed E-state index contributed by atoms with van der Waals surface area (Å²) in [5, 5.41) is 16.0. The highest BCUT2D eigenvalue weighted by molar-refractivity contribution is 14.0. The number of guanidine groups is 1. The first-order chi connectivity index (χ1) is 12.1. The van der Waals surface area contributed by atoms with Crippen molar-refractivity contribution in [2.45, 2.75) is 31.7 Å². The SMILES string of the molecule is CN=C(NCCCc1ccc(O)cc1)NC1CCN(C(=O)OC)CC1.I. The van der Waals surface area contributed by atoms with Gasteiger partial charge >= 0.3 is 6.09 Å². The first kappa shape index (κ1) is 22.3. The number of halogens is 1. The summed E-state index contributed by atoms with van der Waals surface area (Å²) >= 11 is 0. The topological polar surface area (TPSA) is 86.2 Å². The lowest BCUT2D eigenvalue weighted by Gasteiger charge is -2.32. The number of methoxy groups -OCH3 is 1. The van der Waals surface area contributed by atoms with Gasteiger partial charge in [-0.15, -0.1) is 24.0 Å². The van der Waals surface area contributed by atoms with Crippen molar-refractivity contribution >= 4 is 36.0 Å². The molecular formula is C18H29IN4O3. The second-order valence-electron chi connectivity index (χ2n) is 6.14. The third kappa shape index (κ3) is 7.27. The minimum atomic E-state index is -0.254. The highest BCUT2D eigenvalue weighted by Crippen LogP contribution is 2.12. The number of ether oxygens (including phenoxy) is 1. The molecule has 0 bridgehead atoms. The number of phenolic OH excluding ortho intramolecular Hbond substituents is 1. The molecular weight excluding hydrogens is 447 g/mol. The van der Waals surface area contributed by atoms with Crippen LogP contribution in [0.5, 0.6) is 5.75 Å². The maximum Gasteiger partial charge on any atom is 0.409 e. The summed E-state index contributed by atoms with van der Waals surface area (Å²) in [5.74, 6) is 1.09. The Morgan fingerprint density at radius 3 is 2.54 bits per heavy atom. The summed E-state index contributed by atoms with van der Waals surface area (Å²) in [7, 11) is 3.18. The monoisotopic (exact) mass is 476 g/mol. The number of piperidine rings is 1. The van der Waals surface area contributed by atoms with Gasteiger partial charge in [-0.05, 0) is 43.4 Å². The molecule has 3 N–H and O–H groups in total. The lowest BCUT2D eigenvalue weighted by molar-refractivity contribution is 0.111. The van der Waals surface area contributed by atoms with Crippen molar-refractivity contribution in [2.75, 3.05) is 33.8 Å². The van der Waals surface area contributed by atoms with Gasteiger partial charge in [0.25, 0.3) is 0 Å². The van der Waals surface area contributed by atoms with Crippen LogP contribution in [0.1, 0.15) is 24.8 Å². The van der Waals surface area contributed by atoms with E-state index in [1.807, 2.05) is 12.1 Å². The number of carbonyl (C=O) groups excluding carboxylic acids is 1. The van der Waals surface area contributed by atoms with E-state index in [2.05, 4.69) is 15.6 Å². The Labute approximate surface area is 172 Å². The molecule has 146 valence electrons. The molecule has 7 nitrogen and oxygen atoms in total. The van der Waals surface area contributed by atoms with Gasteiger partial charge in [0.05, 0.1) is 7.11 Å². The molecule has 0 atom stereocenters. The second-order valence-corrected chi connectivity index (χ2v) is 6.14. The first-order valence-corrected chi connectivity index (χ1v) is 8.70. The van der Waals surface area contributed by atoms with Crippen LogP contribution in [0.15, 0.2) is 29.3 Å². The number of aliphatic imine (C=N–C) groups is 1. The molecule has 1 saturated heterocycles.